The summed E-state index contributed by atoms with van der Waals surface area (Å²) in [4.78, 5) is 8.33. The predicted octanol–water partition coefficient (Wildman–Crippen LogP) is 1.55. The van der Waals surface area contributed by atoms with Crippen molar-refractivity contribution in [2.24, 2.45) is 0 Å². The minimum absolute atomic E-state index is 0.205. The first kappa shape index (κ1) is 11.6. The summed E-state index contributed by atoms with van der Waals surface area (Å²) >= 11 is 0. The number of hydrogen-bond acceptors (Lipinski definition) is 5. The standard InChI is InChI=1S/C10H18N4O/c1-4-5-15-10-7(11)8(12)13-9(14-10)6(2)3/h6H,4-5,11H2,1-3H3,(H2,12,13,14). The fraction of sp³-hybridized carbons (Fsp3) is 0.600. The molecule has 0 atom stereocenters. The van der Waals surface area contributed by atoms with Crippen LogP contribution in [0.3, 0.4) is 0 Å². The molecule has 4 N–H and O–H groups in total. The van der Waals surface area contributed by atoms with Crippen LogP contribution in [0, 0.1) is 0 Å². The zero-order valence-corrected chi connectivity index (χ0v) is 9.45. The Bertz CT molecular complexity index is 338. The Morgan fingerprint density at radius 2 is 1.93 bits per heavy atom. The molecule has 0 unspecified atom stereocenters. The smallest absolute Gasteiger partial charge is 0.242 e. The van der Waals surface area contributed by atoms with Gasteiger partial charge in [-0.2, -0.15) is 4.98 Å². The molecule has 5 heteroatoms. The summed E-state index contributed by atoms with van der Waals surface area (Å²) in [5.41, 5.74) is 11.7. The Labute approximate surface area is 89.9 Å². The highest BCUT2D eigenvalue weighted by atomic mass is 16.5. The van der Waals surface area contributed by atoms with Crippen molar-refractivity contribution in [3.63, 3.8) is 0 Å². The Morgan fingerprint density at radius 3 is 2.47 bits per heavy atom. The fourth-order valence-electron chi connectivity index (χ4n) is 1.05. The molecule has 0 bridgehead atoms. The number of aromatic nitrogens is 2. The molecule has 0 aromatic carbocycles. The van der Waals surface area contributed by atoms with Gasteiger partial charge in [0.05, 0.1) is 6.61 Å². The van der Waals surface area contributed by atoms with Crippen molar-refractivity contribution in [3.8, 4) is 5.88 Å². The van der Waals surface area contributed by atoms with E-state index in [4.69, 9.17) is 16.2 Å². The number of nitrogens with zero attached hydrogens (tertiary/aromatic N) is 2. The highest BCUT2D eigenvalue weighted by Crippen LogP contribution is 2.25. The lowest BCUT2D eigenvalue weighted by Crippen LogP contribution is -2.09. The van der Waals surface area contributed by atoms with Crippen molar-refractivity contribution in [2.45, 2.75) is 33.1 Å². The van der Waals surface area contributed by atoms with E-state index in [0.717, 1.165) is 6.42 Å². The zero-order valence-electron chi connectivity index (χ0n) is 9.45. The van der Waals surface area contributed by atoms with E-state index in [0.29, 0.717) is 29.8 Å². The molecule has 0 aliphatic rings. The van der Waals surface area contributed by atoms with Crippen molar-refractivity contribution in [1.29, 1.82) is 0 Å². The fourth-order valence-corrected chi connectivity index (χ4v) is 1.05. The molecule has 0 saturated heterocycles. The predicted molar refractivity (Wildman–Crippen MR) is 60.7 cm³/mol. The summed E-state index contributed by atoms with van der Waals surface area (Å²) < 4.78 is 5.40. The number of rotatable bonds is 4. The SMILES string of the molecule is CCCOc1nc(C(C)C)nc(N)c1N. The first-order chi connectivity index (χ1) is 7.06. The van der Waals surface area contributed by atoms with Crippen LogP contribution in [-0.2, 0) is 0 Å². The lowest BCUT2D eigenvalue weighted by Gasteiger charge is -2.11. The van der Waals surface area contributed by atoms with Gasteiger partial charge in [-0.3, -0.25) is 0 Å². The molecule has 1 aromatic heterocycles. The van der Waals surface area contributed by atoms with Crippen LogP contribution in [0.2, 0.25) is 0 Å². The normalized spacial score (nSPS) is 10.7. The summed E-state index contributed by atoms with van der Waals surface area (Å²) in [6.07, 6.45) is 0.903. The molecule has 0 aliphatic heterocycles. The van der Waals surface area contributed by atoms with E-state index in [-0.39, 0.29) is 5.92 Å². The second-order valence-corrected chi connectivity index (χ2v) is 3.69. The molecule has 0 spiro atoms. The van der Waals surface area contributed by atoms with E-state index < -0.39 is 0 Å². The minimum Gasteiger partial charge on any atom is -0.476 e. The third-order valence-electron chi connectivity index (χ3n) is 1.92. The van der Waals surface area contributed by atoms with Crippen molar-refractivity contribution in [2.75, 3.05) is 18.1 Å². The maximum atomic E-state index is 5.72. The molecule has 1 rings (SSSR count). The second kappa shape index (κ2) is 4.82. The summed E-state index contributed by atoms with van der Waals surface area (Å²) in [5, 5.41) is 0. The molecule has 5 nitrogen and oxygen atoms in total. The number of hydrogen-bond donors (Lipinski definition) is 2. The van der Waals surface area contributed by atoms with Gasteiger partial charge in [-0.05, 0) is 6.42 Å². The van der Waals surface area contributed by atoms with Crippen molar-refractivity contribution in [1.82, 2.24) is 9.97 Å². The van der Waals surface area contributed by atoms with Crippen LogP contribution in [0.15, 0.2) is 0 Å². The van der Waals surface area contributed by atoms with E-state index in [2.05, 4.69) is 9.97 Å². The van der Waals surface area contributed by atoms with Gasteiger partial charge in [0.1, 0.15) is 11.5 Å². The molecule has 0 amide bonds. The van der Waals surface area contributed by atoms with Gasteiger partial charge < -0.3 is 16.2 Å². The van der Waals surface area contributed by atoms with Crippen LogP contribution in [0.4, 0.5) is 11.5 Å². The average Bonchev–Trinajstić information content (AvgIpc) is 2.19. The maximum Gasteiger partial charge on any atom is 0.242 e. The molecule has 0 radical (unpaired) electrons. The molecular formula is C10H18N4O. The van der Waals surface area contributed by atoms with Gasteiger partial charge in [0.25, 0.3) is 0 Å². The highest BCUT2D eigenvalue weighted by Gasteiger charge is 2.12. The van der Waals surface area contributed by atoms with E-state index in [1.165, 1.54) is 0 Å². The van der Waals surface area contributed by atoms with E-state index >= 15 is 0 Å². The lowest BCUT2D eigenvalue weighted by molar-refractivity contribution is 0.305. The molecular weight excluding hydrogens is 192 g/mol. The van der Waals surface area contributed by atoms with Crippen molar-refractivity contribution in [3.05, 3.63) is 5.82 Å². The molecule has 0 aliphatic carbocycles. The molecule has 0 saturated carbocycles. The average molecular weight is 210 g/mol. The highest BCUT2D eigenvalue weighted by molar-refractivity contribution is 5.64. The number of ether oxygens (including phenoxy) is 1. The van der Waals surface area contributed by atoms with E-state index in [9.17, 15) is 0 Å². The van der Waals surface area contributed by atoms with E-state index in [1.807, 2.05) is 20.8 Å². The Kier molecular flexibility index (Phi) is 3.71. The number of anilines is 2. The summed E-state index contributed by atoms with van der Waals surface area (Å²) in [6, 6.07) is 0. The van der Waals surface area contributed by atoms with Crippen LogP contribution >= 0.6 is 0 Å². The van der Waals surface area contributed by atoms with Gasteiger partial charge in [0.2, 0.25) is 5.88 Å². The minimum atomic E-state index is 0.205. The zero-order chi connectivity index (χ0) is 11.4. The van der Waals surface area contributed by atoms with E-state index in [1.54, 1.807) is 0 Å². The Morgan fingerprint density at radius 1 is 1.27 bits per heavy atom. The second-order valence-electron chi connectivity index (χ2n) is 3.69. The maximum absolute atomic E-state index is 5.72. The van der Waals surface area contributed by atoms with Crippen LogP contribution in [0.25, 0.3) is 0 Å². The summed E-state index contributed by atoms with van der Waals surface area (Å²) in [7, 11) is 0. The largest absolute Gasteiger partial charge is 0.476 e. The van der Waals surface area contributed by atoms with Gasteiger partial charge in [-0.1, -0.05) is 20.8 Å². The van der Waals surface area contributed by atoms with Gasteiger partial charge >= 0.3 is 0 Å². The molecule has 0 fully saturated rings. The summed E-state index contributed by atoms with van der Waals surface area (Å²) in [6.45, 7) is 6.59. The van der Waals surface area contributed by atoms with Crippen LogP contribution in [0.5, 0.6) is 5.88 Å². The first-order valence-corrected chi connectivity index (χ1v) is 5.12. The quantitative estimate of drug-likeness (QED) is 0.787. The van der Waals surface area contributed by atoms with Gasteiger partial charge in [0.15, 0.2) is 5.82 Å². The van der Waals surface area contributed by atoms with Crippen LogP contribution in [-0.4, -0.2) is 16.6 Å². The first-order valence-electron chi connectivity index (χ1n) is 5.12. The van der Waals surface area contributed by atoms with Gasteiger partial charge in [0, 0.05) is 5.92 Å². The van der Waals surface area contributed by atoms with Crippen molar-refractivity contribution >= 4 is 11.5 Å². The molecule has 84 valence electrons. The lowest BCUT2D eigenvalue weighted by atomic mass is 10.2. The monoisotopic (exact) mass is 210 g/mol. The topological polar surface area (TPSA) is 87.0 Å². The Balaban J connectivity index is 3.02. The van der Waals surface area contributed by atoms with Gasteiger partial charge in [-0.25, -0.2) is 4.98 Å². The van der Waals surface area contributed by atoms with Gasteiger partial charge in [-0.15, -0.1) is 0 Å². The number of nitrogen functional groups attached to an aromatic ring is 2. The van der Waals surface area contributed by atoms with Crippen LogP contribution < -0.4 is 16.2 Å². The summed E-state index contributed by atoms with van der Waals surface area (Å²) in [5.74, 6) is 1.55. The van der Waals surface area contributed by atoms with Crippen LogP contribution in [0.1, 0.15) is 38.9 Å². The third-order valence-corrected chi connectivity index (χ3v) is 1.92. The van der Waals surface area contributed by atoms with Crippen molar-refractivity contribution < 1.29 is 4.74 Å². The third kappa shape index (κ3) is 2.71. The Hall–Kier alpha value is -1.52. The molecule has 15 heavy (non-hydrogen) atoms. The molecule has 1 aromatic rings. The number of nitrogens with two attached hydrogens (primary N) is 2. The molecule has 1 heterocycles.